The second kappa shape index (κ2) is 13.4. The molecule has 3 heterocycles. The Bertz CT molecular complexity index is 1440. The van der Waals surface area contributed by atoms with Gasteiger partial charge in [0.15, 0.2) is 0 Å². The minimum atomic E-state index is -1.23. The first-order chi connectivity index (χ1) is 22.1. The average Bonchev–Trinajstić information content (AvgIpc) is 3.67. The summed E-state index contributed by atoms with van der Waals surface area (Å²) in [7, 11) is 1.58. The summed E-state index contributed by atoms with van der Waals surface area (Å²) in [6.45, 7) is 14.2. The van der Waals surface area contributed by atoms with Crippen molar-refractivity contribution in [1.29, 1.82) is 0 Å². The molecule has 9 nitrogen and oxygen atoms in total. The van der Waals surface area contributed by atoms with E-state index in [-0.39, 0.29) is 36.8 Å². The van der Waals surface area contributed by atoms with E-state index in [9.17, 15) is 19.5 Å². The molecule has 6 atom stereocenters. The van der Waals surface area contributed by atoms with Crippen LogP contribution in [0.15, 0.2) is 79.9 Å². The smallest absolute Gasteiger partial charge is 0.253 e. The molecule has 2 aromatic rings. The van der Waals surface area contributed by atoms with Crippen molar-refractivity contribution in [3.05, 3.63) is 85.5 Å². The lowest BCUT2D eigenvalue weighted by Crippen LogP contribution is -2.60. The van der Waals surface area contributed by atoms with Crippen LogP contribution in [-0.2, 0) is 25.7 Å². The fourth-order valence-corrected chi connectivity index (χ4v) is 8.04. The third-order valence-electron chi connectivity index (χ3n) is 10.3. The Hall–Kier alpha value is -3.95. The Morgan fingerprint density at radius 2 is 1.74 bits per heavy atom. The molecule has 3 aliphatic rings. The summed E-state index contributed by atoms with van der Waals surface area (Å²) in [5, 5.41) is 10.6. The molecule has 3 fully saturated rings. The van der Waals surface area contributed by atoms with Crippen LogP contribution in [0.1, 0.15) is 45.6 Å². The van der Waals surface area contributed by atoms with Gasteiger partial charge < -0.3 is 29.3 Å². The van der Waals surface area contributed by atoms with E-state index in [1.165, 1.54) is 0 Å². The lowest BCUT2D eigenvalue weighted by atomic mass is 9.64. The third kappa shape index (κ3) is 5.43. The number of methoxy groups -OCH3 is 1. The van der Waals surface area contributed by atoms with Crippen molar-refractivity contribution in [3.8, 4) is 5.75 Å². The number of anilines is 1. The van der Waals surface area contributed by atoms with Gasteiger partial charge in [-0.15, -0.1) is 13.2 Å². The Balaban J connectivity index is 1.62. The van der Waals surface area contributed by atoms with Crippen molar-refractivity contribution in [2.24, 2.45) is 17.8 Å². The first kappa shape index (κ1) is 33.4. The molecule has 0 saturated carbocycles. The highest BCUT2D eigenvalue weighted by atomic mass is 16.5. The maximum Gasteiger partial charge on any atom is 0.253 e. The van der Waals surface area contributed by atoms with Crippen molar-refractivity contribution in [1.82, 2.24) is 9.80 Å². The van der Waals surface area contributed by atoms with Crippen LogP contribution in [-0.4, -0.2) is 82.7 Å². The number of fused-ring (bicyclic) bond motifs is 1. The van der Waals surface area contributed by atoms with Gasteiger partial charge in [0.05, 0.1) is 37.2 Å². The van der Waals surface area contributed by atoms with Gasteiger partial charge in [-0.05, 0) is 55.0 Å². The minimum absolute atomic E-state index is 0.157. The number of rotatable bonds is 14. The van der Waals surface area contributed by atoms with Crippen LogP contribution in [0.4, 0.5) is 5.69 Å². The number of ether oxygens (including phenoxy) is 2. The molecule has 0 aromatic heterocycles. The number of aliphatic hydroxyl groups is 1. The number of amides is 3. The zero-order valence-electron chi connectivity index (χ0n) is 27.4. The number of likely N-dealkylation sites (tertiary alicyclic amines) is 1. The molecule has 3 saturated heterocycles. The number of nitrogens with zero attached hydrogens (tertiary/aromatic N) is 3. The zero-order valence-corrected chi connectivity index (χ0v) is 27.4. The molecular formula is C37H47N3O6. The van der Waals surface area contributed by atoms with Crippen LogP contribution in [0.3, 0.4) is 0 Å². The monoisotopic (exact) mass is 629 g/mol. The summed E-state index contributed by atoms with van der Waals surface area (Å²) in [5.41, 5.74) is -0.540. The van der Waals surface area contributed by atoms with Crippen LogP contribution < -0.4 is 9.64 Å². The van der Waals surface area contributed by atoms with Crippen molar-refractivity contribution in [2.45, 2.75) is 69.9 Å². The van der Waals surface area contributed by atoms with Crippen LogP contribution in [0.2, 0.25) is 0 Å². The molecule has 2 unspecified atom stereocenters. The average molecular weight is 630 g/mol. The fourth-order valence-electron chi connectivity index (χ4n) is 8.04. The summed E-state index contributed by atoms with van der Waals surface area (Å²) in [6, 6.07) is 15.2. The van der Waals surface area contributed by atoms with E-state index in [0.29, 0.717) is 43.8 Å². The minimum Gasteiger partial charge on any atom is -0.497 e. The summed E-state index contributed by atoms with van der Waals surface area (Å²) in [6.07, 6.45) is 4.86. The van der Waals surface area contributed by atoms with E-state index in [1.807, 2.05) is 51.1 Å². The topological polar surface area (TPSA) is 99.6 Å². The van der Waals surface area contributed by atoms with Gasteiger partial charge in [0.1, 0.15) is 17.4 Å². The number of aliphatic hydroxyl groups excluding tert-OH is 1. The summed E-state index contributed by atoms with van der Waals surface area (Å²) in [4.78, 5) is 49.4. The maximum absolute atomic E-state index is 14.9. The van der Waals surface area contributed by atoms with Gasteiger partial charge in [-0.1, -0.05) is 63.3 Å². The standard InChI is InChI=1S/C37H47N3O6/c1-7-21-38(23-26-13-11-10-12-14-26)33(42)30-31-34(43)40(29(24-41)25(4)5)32(37(31)20-19-36(30,9-3)46-37)35(44)39(22-8-2)27-15-17-28(45-6)18-16-27/h7-8,10-18,25,29-32,41H,1-2,9,19-24H2,3-6H3/t29-,30-,31-,32?,36+,37?/m0/s1. The van der Waals surface area contributed by atoms with Crippen LogP contribution in [0.25, 0.3) is 0 Å². The summed E-state index contributed by atoms with van der Waals surface area (Å²) in [5.74, 6) is -1.99. The second-order valence-corrected chi connectivity index (χ2v) is 13.0. The van der Waals surface area contributed by atoms with E-state index in [4.69, 9.17) is 9.47 Å². The molecule has 0 radical (unpaired) electrons. The highest BCUT2D eigenvalue weighted by molar-refractivity contribution is 6.05. The second-order valence-electron chi connectivity index (χ2n) is 13.0. The summed E-state index contributed by atoms with van der Waals surface area (Å²) >= 11 is 0. The predicted molar refractivity (Wildman–Crippen MR) is 177 cm³/mol. The number of carbonyl (C=O) groups is 3. The Morgan fingerprint density at radius 1 is 1.07 bits per heavy atom. The van der Waals surface area contributed by atoms with Crippen molar-refractivity contribution >= 4 is 23.4 Å². The molecule has 2 bridgehead atoms. The highest BCUT2D eigenvalue weighted by Gasteiger charge is 2.79. The Morgan fingerprint density at radius 3 is 2.30 bits per heavy atom. The molecule has 1 spiro atoms. The molecule has 9 heteroatoms. The normalized spacial score (nSPS) is 27.0. The van der Waals surface area contributed by atoms with Gasteiger partial charge >= 0.3 is 0 Å². The van der Waals surface area contributed by atoms with Gasteiger partial charge in [-0.25, -0.2) is 0 Å². The number of hydrogen-bond acceptors (Lipinski definition) is 6. The van der Waals surface area contributed by atoms with Crippen molar-refractivity contribution in [2.75, 3.05) is 31.7 Å². The van der Waals surface area contributed by atoms with E-state index in [2.05, 4.69) is 13.2 Å². The zero-order chi connectivity index (χ0) is 33.2. The lowest BCUT2D eigenvalue weighted by molar-refractivity contribution is -0.154. The van der Waals surface area contributed by atoms with E-state index in [0.717, 1.165) is 5.56 Å². The maximum atomic E-state index is 14.9. The molecule has 5 rings (SSSR count). The Labute approximate surface area is 272 Å². The van der Waals surface area contributed by atoms with Gasteiger partial charge in [0, 0.05) is 25.3 Å². The number of hydrogen-bond donors (Lipinski definition) is 1. The molecule has 3 amide bonds. The van der Waals surface area contributed by atoms with E-state index in [1.54, 1.807) is 58.2 Å². The van der Waals surface area contributed by atoms with Crippen molar-refractivity contribution < 1.29 is 29.0 Å². The van der Waals surface area contributed by atoms with Crippen LogP contribution >= 0.6 is 0 Å². The molecular weight excluding hydrogens is 582 g/mol. The SMILES string of the molecule is C=CCN(Cc1ccccc1)C(=O)[C@@H]1[C@H]2C(=O)N([C@@H](CO)C(C)C)C(C(=O)N(CC=C)c3ccc(OC)cc3)C23CC[C@@]1(CC)O3. The molecule has 1 N–H and O–H groups in total. The van der Waals surface area contributed by atoms with Gasteiger partial charge in [0.2, 0.25) is 11.8 Å². The first-order valence-corrected chi connectivity index (χ1v) is 16.3. The molecule has 3 aliphatic heterocycles. The predicted octanol–water partition coefficient (Wildman–Crippen LogP) is 4.60. The molecule has 0 aliphatic carbocycles. The number of benzene rings is 2. The van der Waals surface area contributed by atoms with E-state index >= 15 is 0 Å². The highest BCUT2D eigenvalue weighted by Crippen LogP contribution is 2.65. The quantitative estimate of drug-likeness (QED) is 0.307. The lowest BCUT2D eigenvalue weighted by Gasteiger charge is -2.40. The largest absolute Gasteiger partial charge is 0.497 e. The van der Waals surface area contributed by atoms with Crippen LogP contribution in [0, 0.1) is 17.8 Å². The van der Waals surface area contributed by atoms with Gasteiger partial charge in [-0.2, -0.15) is 0 Å². The third-order valence-corrected chi connectivity index (χ3v) is 10.3. The summed E-state index contributed by atoms with van der Waals surface area (Å²) < 4.78 is 12.4. The Kier molecular flexibility index (Phi) is 9.75. The molecule has 2 aromatic carbocycles. The van der Waals surface area contributed by atoms with Gasteiger partial charge in [-0.3, -0.25) is 14.4 Å². The number of carbonyl (C=O) groups excluding carboxylic acids is 3. The fraction of sp³-hybridized carbons (Fsp3) is 0.486. The molecule has 246 valence electrons. The first-order valence-electron chi connectivity index (χ1n) is 16.3. The van der Waals surface area contributed by atoms with Gasteiger partial charge in [0.25, 0.3) is 5.91 Å². The van der Waals surface area contributed by atoms with E-state index < -0.39 is 35.1 Å². The van der Waals surface area contributed by atoms with Crippen LogP contribution in [0.5, 0.6) is 5.75 Å². The molecule has 46 heavy (non-hydrogen) atoms. The van der Waals surface area contributed by atoms with Crippen molar-refractivity contribution in [3.63, 3.8) is 0 Å².